The number of ether oxygens (including phenoxy) is 1. The van der Waals surface area contributed by atoms with Gasteiger partial charge in [-0.2, -0.15) is 0 Å². The molecule has 0 radical (unpaired) electrons. The maximum atomic E-state index is 12.1. The minimum Gasteiger partial charge on any atom is -0.491 e. The fourth-order valence-electron chi connectivity index (χ4n) is 1.93. The predicted octanol–water partition coefficient (Wildman–Crippen LogP) is 2.45. The fraction of sp³-hybridized carbons (Fsp3) is 0.368. The van der Waals surface area contributed by atoms with E-state index in [9.17, 15) is 9.59 Å². The van der Waals surface area contributed by atoms with Crippen molar-refractivity contribution >= 4 is 29.3 Å². The summed E-state index contributed by atoms with van der Waals surface area (Å²) in [5.74, 6) is 0.786. The lowest BCUT2D eigenvalue weighted by Crippen LogP contribution is -2.22. The van der Waals surface area contributed by atoms with Crippen molar-refractivity contribution in [1.29, 1.82) is 0 Å². The Bertz CT molecular complexity index is 880. The lowest BCUT2D eigenvalue weighted by Gasteiger charge is -2.12. The minimum atomic E-state index is -0.461. The Morgan fingerprint density at radius 2 is 1.83 bits per heavy atom. The molecular weight excluding hydrogens is 322 g/mol. The molecule has 24 heavy (non-hydrogen) atoms. The minimum absolute atomic E-state index is 0.0123. The second-order valence-electron chi connectivity index (χ2n) is 6.92. The number of nitrogens with one attached hydrogen (secondary N) is 1. The van der Waals surface area contributed by atoms with Gasteiger partial charge in [0.25, 0.3) is 5.56 Å². The van der Waals surface area contributed by atoms with Crippen molar-refractivity contribution in [1.82, 2.24) is 4.98 Å². The lowest BCUT2D eigenvalue weighted by atomic mass is 9.91. The van der Waals surface area contributed by atoms with Gasteiger partial charge in [-0.05, 0) is 37.6 Å². The molecule has 0 spiro atoms. The number of hydrogen-bond acceptors (Lipinski definition) is 4. The summed E-state index contributed by atoms with van der Waals surface area (Å²) in [6.07, 6.45) is 3.43. The average Bonchev–Trinajstić information content (AvgIpc) is 2.79. The highest BCUT2D eigenvalue weighted by Gasteiger charge is 2.18. The van der Waals surface area contributed by atoms with E-state index in [4.69, 9.17) is 4.74 Å². The highest BCUT2D eigenvalue weighted by atomic mass is 32.1. The van der Waals surface area contributed by atoms with E-state index in [1.54, 1.807) is 0 Å². The van der Waals surface area contributed by atoms with Crippen LogP contribution >= 0.6 is 11.3 Å². The monoisotopic (exact) mass is 345 g/mol. The number of benzene rings is 1. The molecule has 0 amide bonds. The Balaban J connectivity index is 2.33. The predicted molar refractivity (Wildman–Crippen MR) is 98.9 cm³/mol. The molecule has 0 saturated carbocycles. The first-order valence-electron chi connectivity index (χ1n) is 7.89. The van der Waals surface area contributed by atoms with Crippen molar-refractivity contribution in [2.24, 2.45) is 5.41 Å². The molecule has 1 N–H and O–H groups in total. The molecule has 2 rings (SSSR count). The van der Waals surface area contributed by atoms with E-state index >= 15 is 0 Å². The molecular formula is C19H23NO3S. The third kappa shape index (κ3) is 4.93. The molecule has 0 fully saturated rings. The number of carbonyl (C=O) groups is 1. The van der Waals surface area contributed by atoms with Gasteiger partial charge >= 0.3 is 0 Å². The van der Waals surface area contributed by atoms with E-state index in [1.807, 2.05) is 65.0 Å². The summed E-state index contributed by atoms with van der Waals surface area (Å²) >= 11 is 1.28. The van der Waals surface area contributed by atoms with Crippen LogP contribution in [0.2, 0.25) is 0 Å². The molecule has 1 aromatic carbocycles. The third-order valence-electron chi connectivity index (χ3n) is 3.23. The summed E-state index contributed by atoms with van der Waals surface area (Å²) in [6, 6.07) is 7.56. The van der Waals surface area contributed by atoms with Crippen LogP contribution in [0.15, 0.2) is 29.1 Å². The summed E-state index contributed by atoms with van der Waals surface area (Å²) in [4.78, 5) is 26.8. The number of hydrogen-bond donors (Lipinski definition) is 1. The van der Waals surface area contributed by atoms with Crippen molar-refractivity contribution in [2.45, 2.75) is 40.7 Å². The van der Waals surface area contributed by atoms with Crippen LogP contribution in [-0.4, -0.2) is 16.9 Å². The molecule has 0 aliphatic carbocycles. The number of carbonyl (C=O) groups excluding carboxylic acids is 1. The summed E-state index contributed by atoms with van der Waals surface area (Å²) < 4.78 is 6.75. The van der Waals surface area contributed by atoms with E-state index in [1.165, 1.54) is 17.4 Å². The van der Waals surface area contributed by atoms with Crippen molar-refractivity contribution < 1.29 is 9.53 Å². The largest absolute Gasteiger partial charge is 0.491 e. The Hall–Kier alpha value is -2.14. The Labute approximate surface area is 145 Å². The topological polar surface area (TPSA) is 59.2 Å². The summed E-state index contributed by atoms with van der Waals surface area (Å²) in [6.45, 7) is 9.51. The zero-order valence-corrected chi connectivity index (χ0v) is 15.5. The van der Waals surface area contributed by atoms with Gasteiger partial charge in [-0.25, -0.2) is 0 Å². The zero-order valence-electron chi connectivity index (χ0n) is 14.7. The van der Waals surface area contributed by atoms with Gasteiger partial charge < -0.3 is 9.72 Å². The molecule has 0 aliphatic rings. The van der Waals surface area contributed by atoms with E-state index in [0.29, 0.717) is 9.20 Å². The van der Waals surface area contributed by atoms with Gasteiger partial charge in [0.1, 0.15) is 5.75 Å². The number of aromatic nitrogens is 1. The molecule has 0 atom stereocenters. The maximum absolute atomic E-state index is 12.1. The van der Waals surface area contributed by atoms with E-state index in [-0.39, 0.29) is 17.4 Å². The summed E-state index contributed by atoms with van der Waals surface area (Å²) in [7, 11) is 0. The number of H-pyrrole nitrogens is 1. The lowest BCUT2D eigenvalue weighted by molar-refractivity contribution is -0.119. The molecule has 0 saturated heterocycles. The maximum Gasteiger partial charge on any atom is 0.266 e. The van der Waals surface area contributed by atoms with E-state index < -0.39 is 5.41 Å². The Morgan fingerprint density at radius 3 is 2.38 bits per heavy atom. The van der Waals surface area contributed by atoms with Crippen molar-refractivity contribution in [3.63, 3.8) is 0 Å². The van der Waals surface area contributed by atoms with Crippen LogP contribution in [0.3, 0.4) is 0 Å². The van der Waals surface area contributed by atoms with Gasteiger partial charge in [-0.3, -0.25) is 9.59 Å². The normalized spacial score (nSPS) is 13.6. The van der Waals surface area contributed by atoms with Crippen molar-refractivity contribution in [2.75, 3.05) is 0 Å². The first-order chi connectivity index (χ1) is 11.1. The fourth-order valence-corrected chi connectivity index (χ4v) is 2.81. The number of thiazole rings is 1. The van der Waals surface area contributed by atoms with Crippen LogP contribution in [-0.2, 0) is 4.79 Å². The molecule has 2 aromatic rings. The molecule has 0 bridgehead atoms. The number of rotatable bonds is 4. The van der Waals surface area contributed by atoms with Crippen LogP contribution in [0.5, 0.6) is 5.75 Å². The zero-order chi connectivity index (χ0) is 17.9. The average molecular weight is 345 g/mol. The highest BCUT2D eigenvalue weighted by Crippen LogP contribution is 2.15. The van der Waals surface area contributed by atoms with Gasteiger partial charge in [0.2, 0.25) is 0 Å². The van der Waals surface area contributed by atoms with E-state index in [2.05, 4.69) is 4.98 Å². The van der Waals surface area contributed by atoms with Crippen LogP contribution < -0.4 is 19.5 Å². The molecule has 128 valence electrons. The third-order valence-corrected chi connectivity index (χ3v) is 4.19. The summed E-state index contributed by atoms with van der Waals surface area (Å²) in [5, 5.41) is 0. The molecule has 1 aromatic heterocycles. The Kier molecular flexibility index (Phi) is 5.44. The molecule has 0 aliphatic heterocycles. The number of Topliss-reactive ketones (excluding diaryl/α,β-unsaturated/α-hetero) is 1. The van der Waals surface area contributed by atoms with E-state index in [0.717, 1.165) is 11.3 Å². The second-order valence-corrected chi connectivity index (χ2v) is 8.01. The smallest absolute Gasteiger partial charge is 0.266 e. The number of ketones is 1. The van der Waals surface area contributed by atoms with Gasteiger partial charge in [0.05, 0.1) is 15.3 Å². The van der Waals surface area contributed by atoms with Gasteiger partial charge in [0.15, 0.2) is 5.78 Å². The van der Waals surface area contributed by atoms with Gasteiger partial charge in [0, 0.05) is 11.5 Å². The first-order valence-corrected chi connectivity index (χ1v) is 8.70. The molecule has 1 heterocycles. The van der Waals surface area contributed by atoms with Crippen LogP contribution in [0.1, 0.15) is 40.2 Å². The molecule has 5 heteroatoms. The SMILES string of the molecule is CC(C)Oc1ccc(/C=c2\s/c(=C\C(=O)C(C)(C)C)[nH]c2=O)cc1. The standard InChI is InChI=1S/C19H23NO3S/c1-12(2)23-14-8-6-13(7-9-14)10-15-18(22)20-17(24-15)11-16(21)19(3,4)5/h6-12H,1-5H3,(H,20,22)/b15-10-,17-11-. The van der Waals surface area contributed by atoms with Crippen LogP contribution in [0.25, 0.3) is 12.2 Å². The quantitative estimate of drug-likeness (QED) is 0.926. The highest BCUT2D eigenvalue weighted by molar-refractivity contribution is 7.07. The van der Waals surface area contributed by atoms with Crippen LogP contribution in [0, 0.1) is 5.41 Å². The van der Waals surface area contributed by atoms with Gasteiger partial charge in [-0.15, -0.1) is 11.3 Å². The van der Waals surface area contributed by atoms with Crippen LogP contribution in [0.4, 0.5) is 0 Å². The van der Waals surface area contributed by atoms with Crippen molar-refractivity contribution in [3.8, 4) is 5.75 Å². The first kappa shape index (κ1) is 18.2. The second kappa shape index (κ2) is 7.18. The number of aromatic amines is 1. The molecule has 4 nitrogen and oxygen atoms in total. The van der Waals surface area contributed by atoms with Gasteiger partial charge in [-0.1, -0.05) is 32.9 Å². The summed E-state index contributed by atoms with van der Waals surface area (Å²) in [5.41, 5.74) is 0.263. The Morgan fingerprint density at radius 1 is 1.21 bits per heavy atom. The van der Waals surface area contributed by atoms with Crippen molar-refractivity contribution in [3.05, 3.63) is 49.4 Å². The molecule has 0 unspecified atom stereocenters.